The Morgan fingerprint density at radius 3 is 2.45 bits per heavy atom. The van der Waals surface area contributed by atoms with Gasteiger partial charge in [0.05, 0.1) is 12.1 Å². The highest BCUT2D eigenvalue weighted by Gasteiger charge is 2.24. The molecule has 0 bridgehead atoms. The number of nitrogens with one attached hydrogen (secondary N) is 2. The normalized spacial score (nSPS) is 22.9. The summed E-state index contributed by atoms with van der Waals surface area (Å²) in [5, 5.41) is 13.5. The average Bonchev–Trinajstić information content (AvgIpc) is 2.43. The second-order valence-corrected chi connectivity index (χ2v) is 5.81. The summed E-state index contributed by atoms with van der Waals surface area (Å²) in [5.41, 5.74) is 3.51. The van der Waals surface area contributed by atoms with E-state index in [4.69, 9.17) is 5.84 Å². The van der Waals surface area contributed by atoms with E-state index in [0.29, 0.717) is 5.82 Å². The Hall–Kier alpha value is -1.40. The average molecular weight is 279 g/mol. The summed E-state index contributed by atoms with van der Waals surface area (Å²) in [7, 11) is 0. The molecule has 1 aromatic heterocycles. The number of nitrogen functional groups attached to an aromatic ring is 1. The molecule has 0 amide bonds. The zero-order valence-corrected chi connectivity index (χ0v) is 12.5. The highest BCUT2D eigenvalue weighted by molar-refractivity contribution is 5.57. The lowest BCUT2D eigenvalue weighted by Crippen LogP contribution is -2.37. The van der Waals surface area contributed by atoms with Crippen molar-refractivity contribution >= 4 is 11.6 Å². The number of hydrazine groups is 1. The van der Waals surface area contributed by atoms with E-state index in [2.05, 4.69) is 20.7 Å². The van der Waals surface area contributed by atoms with Crippen LogP contribution >= 0.6 is 0 Å². The van der Waals surface area contributed by atoms with E-state index in [9.17, 15) is 5.11 Å². The molecule has 1 fully saturated rings. The zero-order chi connectivity index (χ0) is 14.7. The molecule has 5 N–H and O–H groups in total. The molecular weight excluding hydrogens is 254 g/mol. The smallest absolute Gasteiger partial charge is 0.148 e. The van der Waals surface area contributed by atoms with Gasteiger partial charge in [0.1, 0.15) is 17.5 Å². The number of aliphatic hydroxyl groups excluding tert-OH is 1. The fourth-order valence-electron chi connectivity index (χ4n) is 2.53. The number of nitrogens with two attached hydrogens (primary N) is 1. The van der Waals surface area contributed by atoms with E-state index < -0.39 is 0 Å². The van der Waals surface area contributed by atoms with E-state index in [-0.39, 0.29) is 18.1 Å². The summed E-state index contributed by atoms with van der Waals surface area (Å²) in [4.78, 5) is 8.99. The maximum atomic E-state index is 10.1. The molecule has 0 radical (unpaired) electrons. The number of nitrogens with zero attached hydrogens (tertiary/aromatic N) is 2. The van der Waals surface area contributed by atoms with Crippen LogP contribution in [0.3, 0.4) is 0 Å². The lowest BCUT2D eigenvalue weighted by molar-refractivity contribution is 0.116. The fraction of sp³-hybridized carbons (Fsp3) is 0.714. The van der Waals surface area contributed by atoms with Crippen molar-refractivity contribution in [2.45, 2.75) is 64.5 Å². The van der Waals surface area contributed by atoms with E-state index in [1.54, 1.807) is 0 Å². The Morgan fingerprint density at radius 1 is 1.20 bits per heavy atom. The van der Waals surface area contributed by atoms with Gasteiger partial charge in [-0.25, -0.2) is 15.8 Å². The summed E-state index contributed by atoms with van der Waals surface area (Å²) in [6.45, 7) is 6.02. The van der Waals surface area contributed by atoms with Crippen molar-refractivity contribution in [3.05, 3.63) is 11.4 Å². The second-order valence-electron chi connectivity index (χ2n) is 5.81. The van der Waals surface area contributed by atoms with Gasteiger partial charge in [-0.05, 0) is 19.8 Å². The standard InChI is InChI=1S/C14H25N5O/c1-8(2)12-17-13(9(3)14(18-12)19-15)16-10-6-4-5-7-11(10)20/h8,10-11,20H,4-7,15H2,1-3H3,(H2,16,17,18,19). The van der Waals surface area contributed by atoms with Gasteiger partial charge in [-0.1, -0.05) is 26.7 Å². The highest BCUT2D eigenvalue weighted by atomic mass is 16.3. The Bertz CT molecular complexity index is 463. The first kappa shape index (κ1) is 15.0. The van der Waals surface area contributed by atoms with Crippen LogP contribution in [0.4, 0.5) is 11.6 Å². The molecule has 0 saturated heterocycles. The summed E-state index contributed by atoms with van der Waals surface area (Å²) < 4.78 is 0. The van der Waals surface area contributed by atoms with E-state index in [1.807, 2.05) is 20.8 Å². The summed E-state index contributed by atoms with van der Waals surface area (Å²) in [6, 6.07) is 0.0583. The summed E-state index contributed by atoms with van der Waals surface area (Å²) >= 11 is 0. The maximum absolute atomic E-state index is 10.1. The first-order valence-electron chi connectivity index (χ1n) is 7.32. The number of anilines is 2. The molecule has 2 atom stereocenters. The van der Waals surface area contributed by atoms with Gasteiger partial charge in [-0.2, -0.15) is 0 Å². The van der Waals surface area contributed by atoms with Crippen LogP contribution in [0.2, 0.25) is 0 Å². The van der Waals surface area contributed by atoms with Crippen molar-refractivity contribution < 1.29 is 5.11 Å². The first-order chi connectivity index (χ1) is 9.52. The lowest BCUT2D eigenvalue weighted by atomic mass is 9.92. The topological polar surface area (TPSA) is 96.1 Å². The Morgan fingerprint density at radius 2 is 1.85 bits per heavy atom. The molecule has 2 rings (SSSR count). The maximum Gasteiger partial charge on any atom is 0.148 e. The van der Waals surface area contributed by atoms with Gasteiger partial charge in [0.25, 0.3) is 0 Å². The molecule has 1 aromatic rings. The minimum atomic E-state index is -0.310. The van der Waals surface area contributed by atoms with E-state index in [0.717, 1.165) is 42.9 Å². The third-order valence-electron chi connectivity index (χ3n) is 3.87. The van der Waals surface area contributed by atoms with Crippen molar-refractivity contribution in [2.75, 3.05) is 10.7 Å². The quantitative estimate of drug-likeness (QED) is 0.496. The predicted octanol–water partition coefficient (Wildman–Crippen LogP) is 1.91. The van der Waals surface area contributed by atoms with Crippen molar-refractivity contribution in [1.82, 2.24) is 9.97 Å². The van der Waals surface area contributed by atoms with Crippen LogP contribution in [0.15, 0.2) is 0 Å². The predicted molar refractivity (Wildman–Crippen MR) is 80.6 cm³/mol. The molecule has 6 nitrogen and oxygen atoms in total. The Balaban J connectivity index is 2.27. The SMILES string of the molecule is Cc1c(NN)nc(C(C)C)nc1NC1CCCCC1O. The summed E-state index contributed by atoms with van der Waals surface area (Å²) in [6.07, 6.45) is 3.73. The van der Waals surface area contributed by atoms with Crippen LogP contribution in [-0.4, -0.2) is 27.2 Å². The van der Waals surface area contributed by atoms with E-state index >= 15 is 0 Å². The van der Waals surface area contributed by atoms with Gasteiger partial charge >= 0.3 is 0 Å². The van der Waals surface area contributed by atoms with E-state index in [1.165, 1.54) is 0 Å². The Kier molecular flexibility index (Phi) is 4.77. The minimum absolute atomic E-state index is 0.0583. The van der Waals surface area contributed by atoms with Gasteiger partial charge < -0.3 is 15.8 Å². The molecule has 20 heavy (non-hydrogen) atoms. The van der Waals surface area contributed by atoms with Crippen LogP contribution in [0.25, 0.3) is 0 Å². The van der Waals surface area contributed by atoms with Crippen LogP contribution in [0, 0.1) is 6.92 Å². The molecule has 0 aliphatic heterocycles. The Labute approximate surface area is 120 Å². The minimum Gasteiger partial charge on any atom is -0.391 e. The molecule has 0 aromatic carbocycles. The summed E-state index contributed by atoms with van der Waals surface area (Å²) in [5.74, 6) is 7.90. The van der Waals surface area contributed by atoms with Crippen molar-refractivity contribution in [3.63, 3.8) is 0 Å². The molecule has 2 unspecified atom stereocenters. The molecule has 1 saturated carbocycles. The van der Waals surface area contributed by atoms with Crippen LogP contribution < -0.4 is 16.6 Å². The molecule has 112 valence electrons. The molecule has 0 spiro atoms. The lowest BCUT2D eigenvalue weighted by Gasteiger charge is -2.29. The van der Waals surface area contributed by atoms with Crippen molar-refractivity contribution in [2.24, 2.45) is 5.84 Å². The third-order valence-corrected chi connectivity index (χ3v) is 3.87. The fourth-order valence-corrected chi connectivity index (χ4v) is 2.53. The van der Waals surface area contributed by atoms with Gasteiger partial charge in [0, 0.05) is 11.5 Å². The zero-order valence-electron chi connectivity index (χ0n) is 12.5. The second kappa shape index (κ2) is 6.37. The molecule has 1 heterocycles. The van der Waals surface area contributed by atoms with Gasteiger partial charge in [0.15, 0.2) is 0 Å². The number of hydrogen-bond donors (Lipinski definition) is 4. The number of rotatable bonds is 4. The third kappa shape index (κ3) is 3.19. The first-order valence-corrected chi connectivity index (χ1v) is 7.32. The monoisotopic (exact) mass is 279 g/mol. The van der Waals surface area contributed by atoms with Gasteiger partial charge in [0.2, 0.25) is 0 Å². The van der Waals surface area contributed by atoms with Crippen LogP contribution in [0.1, 0.15) is 56.8 Å². The largest absolute Gasteiger partial charge is 0.391 e. The van der Waals surface area contributed by atoms with Crippen molar-refractivity contribution in [1.29, 1.82) is 0 Å². The molecule has 1 aliphatic carbocycles. The van der Waals surface area contributed by atoms with Crippen LogP contribution in [-0.2, 0) is 0 Å². The van der Waals surface area contributed by atoms with Crippen molar-refractivity contribution in [3.8, 4) is 0 Å². The van der Waals surface area contributed by atoms with Gasteiger partial charge in [-0.3, -0.25) is 0 Å². The number of aromatic nitrogens is 2. The molecular formula is C14H25N5O. The number of hydrogen-bond acceptors (Lipinski definition) is 6. The molecule has 6 heteroatoms. The highest BCUT2D eigenvalue weighted by Crippen LogP contribution is 2.26. The molecule has 1 aliphatic rings. The number of aliphatic hydroxyl groups is 1. The van der Waals surface area contributed by atoms with Crippen LogP contribution in [0.5, 0.6) is 0 Å². The van der Waals surface area contributed by atoms with Gasteiger partial charge in [-0.15, -0.1) is 0 Å².